The van der Waals surface area contributed by atoms with Crippen molar-refractivity contribution in [3.05, 3.63) is 35.6 Å². The zero-order valence-electron chi connectivity index (χ0n) is 17.3. The number of benzene rings is 1. The smallest absolute Gasteiger partial charge is 0.243 e. The maximum absolute atomic E-state index is 13.3. The van der Waals surface area contributed by atoms with Gasteiger partial charge in [0.15, 0.2) is 5.96 Å². The lowest BCUT2D eigenvalue weighted by Crippen LogP contribution is -2.41. The van der Waals surface area contributed by atoms with E-state index in [2.05, 4.69) is 20.5 Å². The molecule has 0 radical (unpaired) electrons. The highest BCUT2D eigenvalue weighted by atomic mass is 127. The Kier molecular flexibility index (Phi) is 12.8. The number of hydrogen-bond acceptors (Lipinski definition) is 4. The van der Waals surface area contributed by atoms with Crippen LogP contribution in [0.1, 0.15) is 12.0 Å². The van der Waals surface area contributed by atoms with Gasteiger partial charge in [0.1, 0.15) is 12.4 Å². The van der Waals surface area contributed by atoms with E-state index < -0.39 is 0 Å². The number of amides is 1. The minimum Gasteiger partial charge on any atom is -0.379 e. The second-order valence-corrected chi connectivity index (χ2v) is 6.99. The van der Waals surface area contributed by atoms with Gasteiger partial charge in [0.05, 0.1) is 13.2 Å². The van der Waals surface area contributed by atoms with Crippen LogP contribution in [0.25, 0.3) is 0 Å². The van der Waals surface area contributed by atoms with Gasteiger partial charge in [-0.25, -0.2) is 9.38 Å². The third kappa shape index (κ3) is 10.8. The Labute approximate surface area is 190 Å². The van der Waals surface area contributed by atoms with E-state index in [1.165, 1.54) is 17.0 Å². The molecular weight excluding hydrogens is 488 g/mol. The zero-order chi connectivity index (χ0) is 20.2. The van der Waals surface area contributed by atoms with Crippen molar-refractivity contribution in [3.63, 3.8) is 0 Å². The standard InChI is InChI=1S/C20H32FN5O2.HI/c1-25(2)19(27)16-24-20(22-8-4-10-26-11-13-28-14-12-26)23-9-7-17-5-3-6-18(21)15-17;/h3,5-6,15H,4,7-14,16H2,1-2H3,(H2,22,23,24);1H. The molecule has 0 aromatic heterocycles. The predicted molar refractivity (Wildman–Crippen MR) is 124 cm³/mol. The van der Waals surface area contributed by atoms with Crippen LogP contribution >= 0.6 is 24.0 Å². The Morgan fingerprint density at radius 1 is 1.24 bits per heavy atom. The largest absolute Gasteiger partial charge is 0.379 e. The average Bonchev–Trinajstić information content (AvgIpc) is 2.69. The van der Waals surface area contributed by atoms with Gasteiger partial charge in [-0.3, -0.25) is 9.69 Å². The van der Waals surface area contributed by atoms with Crippen molar-refractivity contribution in [3.8, 4) is 0 Å². The Hall–Kier alpha value is -1.46. The molecule has 0 saturated carbocycles. The quantitative estimate of drug-likeness (QED) is 0.222. The fourth-order valence-electron chi connectivity index (χ4n) is 2.81. The van der Waals surface area contributed by atoms with E-state index in [1.807, 2.05) is 6.07 Å². The van der Waals surface area contributed by atoms with Gasteiger partial charge in [-0.1, -0.05) is 12.1 Å². The number of likely N-dealkylation sites (N-methyl/N-ethyl adjacent to an activating group) is 1. The minimum absolute atomic E-state index is 0. The zero-order valence-corrected chi connectivity index (χ0v) is 19.7. The number of hydrogen-bond donors (Lipinski definition) is 2. The van der Waals surface area contributed by atoms with E-state index >= 15 is 0 Å². The van der Waals surface area contributed by atoms with Crippen LogP contribution in [0.3, 0.4) is 0 Å². The Bertz CT molecular complexity index is 639. The van der Waals surface area contributed by atoms with Crippen LogP contribution in [-0.2, 0) is 16.0 Å². The molecule has 0 spiro atoms. The summed E-state index contributed by atoms with van der Waals surface area (Å²) in [6, 6.07) is 6.57. The first-order valence-corrected chi connectivity index (χ1v) is 9.81. The predicted octanol–water partition coefficient (Wildman–Crippen LogP) is 1.33. The van der Waals surface area contributed by atoms with Crippen LogP contribution in [0.4, 0.5) is 4.39 Å². The summed E-state index contributed by atoms with van der Waals surface area (Å²) in [5.74, 6) is 0.317. The lowest BCUT2D eigenvalue weighted by atomic mass is 10.1. The highest BCUT2D eigenvalue weighted by Crippen LogP contribution is 2.03. The Morgan fingerprint density at radius 3 is 2.66 bits per heavy atom. The molecule has 1 amide bonds. The summed E-state index contributed by atoms with van der Waals surface area (Å²) in [5, 5.41) is 6.52. The summed E-state index contributed by atoms with van der Waals surface area (Å²) in [6.07, 6.45) is 1.65. The van der Waals surface area contributed by atoms with Crippen LogP contribution < -0.4 is 10.6 Å². The molecule has 1 aliphatic heterocycles. The Morgan fingerprint density at radius 2 is 1.97 bits per heavy atom. The van der Waals surface area contributed by atoms with Gasteiger partial charge in [0.2, 0.25) is 5.91 Å². The molecule has 0 atom stereocenters. The molecule has 1 heterocycles. The average molecular weight is 521 g/mol. The highest BCUT2D eigenvalue weighted by Gasteiger charge is 2.09. The van der Waals surface area contributed by atoms with Crippen molar-refractivity contribution < 1.29 is 13.9 Å². The number of nitrogens with zero attached hydrogens (tertiary/aromatic N) is 3. The molecule has 2 N–H and O–H groups in total. The number of halogens is 2. The number of morpholine rings is 1. The van der Waals surface area contributed by atoms with Crippen molar-refractivity contribution in [1.82, 2.24) is 20.4 Å². The van der Waals surface area contributed by atoms with Gasteiger partial charge in [0.25, 0.3) is 0 Å². The fourth-order valence-corrected chi connectivity index (χ4v) is 2.81. The van der Waals surface area contributed by atoms with E-state index in [1.54, 1.807) is 20.2 Å². The lowest BCUT2D eigenvalue weighted by molar-refractivity contribution is -0.127. The first-order chi connectivity index (χ1) is 13.5. The minimum atomic E-state index is -0.232. The third-order valence-corrected chi connectivity index (χ3v) is 4.51. The van der Waals surface area contributed by atoms with Gasteiger partial charge in [0, 0.05) is 40.3 Å². The summed E-state index contributed by atoms with van der Waals surface area (Å²) in [6.45, 7) is 6.01. The number of rotatable bonds is 9. The maximum atomic E-state index is 13.3. The van der Waals surface area contributed by atoms with Crippen LogP contribution in [0.5, 0.6) is 0 Å². The monoisotopic (exact) mass is 521 g/mol. The number of carbonyl (C=O) groups is 1. The van der Waals surface area contributed by atoms with Crippen LogP contribution in [0, 0.1) is 5.82 Å². The normalized spacial score (nSPS) is 14.8. The van der Waals surface area contributed by atoms with E-state index in [-0.39, 0.29) is 42.2 Å². The van der Waals surface area contributed by atoms with E-state index in [0.717, 1.165) is 51.4 Å². The molecular formula is C20H33FIN5O2. The van der Waals surface area contributed by atoms with E-state index in [0.29, 0.717) is 18.9 Å². The summed E-state index contributed by atoms with van der Waals surface area (Å²) >= 11 is 0. The molecule has 164 valence electrons. The maximum Gasteiger partial charge on any atom is 0.243 e. The van der Waals surface area contributed by atoms with Crippen LogP contribution in [-0.4, -0.2) is 88.2 Å². The SMILES string of the molecule is CN(C)C(=O)CN=C(NCCCN1CCOCC1)NCCc1cccc(F)c1.I. The second kappa shape index (κ2) is 14.5. The van der Waals surface area contributed by atoms with Crippen LogP contribution in [0.15, 0.2) is 29.3 Å². The van der Waals surface area contributed by atoms with Crippen LogP contribution in [0.2, 0.25) is 0 Å². The van der Waals surface area contributed by atoms with Gasteiger partial charge >= 0.3 is 0 Å². The molecule has 2 rings (SSSR count). The summed E-state index contributed by atoms with van der Waals surface area (Å²) in [5.41, 5.74) is 0.920. The molecule has 1 saturated heterocycles. The fraction of sp³-hybridized carbons (Fsp3) is 0.600. The molecule has 7 nitrogen and oxygen atoms in total. The van der Waals surface area contributed by atoms with Gasteiger partial charge in [-0.15, -0.1) is 24.0 Å². The number of nitrogens with one attached hydrogen (secondary N) is 2. The summed E-state index contributed by atoms with van der Waals surface area (Å²) < 4.78 is 18.6. The van der Waals surface area contributed by atoms with Crippen molar-refractivity contribution in [2.75, 3.05) is 66.6 Å². The molecule has 9 heteroatoms. The number of ether oxygens (including phenoxy) is 1. The van der Waals surface area contributed by atoms with Crippen molar-refractivity contribution in [1.29, 1.82) is 0 Å². The first-order valence-electron chi connectivity index (χ1n) is 9.81. The van der Waals surface area contributed by atoms with Crippen molar-refractivity contribution in [2.24, 2.45) is 4.99 Å². The molecule has 29 heavy (non-hydrogen) atoms. The van der Waals surface area contributed by atoms with Crippen molar-refractivity contribution in [2.45, 2.75) is 12.8 Å². The summed E-state index contributed by atoms with van der Waals surface area (Å²) in [4.78, 5) is 20.1. The third-order valence-electron chi connectivity index (χ3n) is 4.51. The molecule has 1 aliphatic rings. The highest BCUT2D eigenvalue weighted by molar-refractivity contribution is 14.0. The first kappa shape index (κ1) is 25.6. The van der Waals surface area contributed by atoms with Crippen molar-refractivity contribution >= 4 is 35.8 Å². The molecule has 0 aliphatic carbocycles. The molecule has 1 aromatic rings. The lowest BCUT2D eigenvalue weighted by Gasteiger charge is -2.26. The Balaban J connectivity index is 0.00000420. The summed E-state index contributed by atoms with van der Waals surface area (Å²) in [7, 11) is 3.43. The van der Waals surface area contributed by atoms with E-state index in [9.17, 15) is 9.18 Å². The number of guanidine groups is 1. The van der Waals surface area contributed by atoms with Gasteiger partial charge in [-0.05, 0) is 37.1 Å². The van der Waals surface area contributed by atoms with E-state index in [4.69, 9.17) is 4.74 Å². The molecule has 1 fully saturated rings. The second-order valence-electron chi connectivity index (χ2n) is 6.99. The number of carbonyl (C=O) groups excluding carboxylic acids is 1. The topological polar surface area (TPSA) is 69.2 Å². The number of aliphatic imine (C=N–C) groups is 1. The molecule has 0 unspecified atom stereocenters. The molecule has 1 aromatic carbocycles. The van der Waals surface area contributed by atoms with Gasteiger partial charge < -0.3 is 20.3 Å². The molecule has 0 bridgehead atoms. The van der Waals surface area contributed by atoms with Gasteiger partial charge in [-0.2, -0.15) is 0 Å².